The molecule has 0 bridgehead atoms. The molecule has 1 aromatic heterocycles. The van der Waals surface area contributed by atoms with Gasteiger partial charge in [-0.05, 0) is 20.0 Å². The standard InChI is InChI=1S/C7H12N4O/c1-11-3-2-5(4-11)6-9-7(8)12-10-6/h5H,2-4H2,1H3,(H2,8,9,10). The Bertz CT molecular complexity index is 272. The van der Waals surface area contributed by atoms with Crippen molar-refractivity contribution in [2.45, 2.75) is 12.3 Å². The van der Waals surface area contributed by atoms with E-state index in [-0.39, 0.29) is 6.01 Å². The highest BCUT2D eigenvalue weighted by molar-refractivity contribution is 5.11. The monoisotopic (exact) mass is 168 g/mol. The zero-order chi connectivity index (χ0) is 8.55. The number of nitrogen functional groups attached to an aromatic ring is 1. The van der Waals surface area contributed by atoms with Crippen LogP contribution in [-0.4, -0.2) is 35.2 Å². The van der Waals surface area contributed by atoms with E-state index >= 15 is 0 Å². The van der Waals surface area contributed by atoms with Gasteiger partial charge in [0.15, 0.2) is 5.82 Å². The van der Waals surface area contributed by atoms with E-state index in [2.05, 4.69) is 22.1 Å². The number of likely N-dealkylation sites (tertiary alicyclic amines) is 1. The largest absolute Gasteiger partial charge is 0.351 e. The van der Waals surface area contributed by atoms with E-state index in [1.807, 2.05) is 0 Å². The molecule has 2 rings (SSSR count). The summed E-state index contributed by atoms with van der Waals surface area (Å²) in [5.74, 6) is 1.15. The molecule has 1 aromatic rings. The summed E-state index contributed by atoms with van der Waals surface area (Å²) in [6.07, 6.45) is 1.09. The first-order chi connectivity index (χ1) is 5.75. The Labute approximate surface area is 70.5 Å². The maximum atomic E-state index is 5.33. The lowest BCUT2D eigenvalue weighted by molar-refractivity contribution is 0.398. The molecule has 0 radical (unpaired) electrons. The summed E-state index contributed by atoms with van der Waals surface area (Å²) in [4.78, 5) is 6.25. The number of hydrogen-bond donors (Lipinski definition) is 1. The molecule has 1 saturated heterocycles. The number of anilines is 1. The molecule has 1 fully saturated rings. The SMILES string of the molecule is CN1CCC(c2noc(N)n2)C1. The van der Waals surface area contributed by atoms with E-state index < -0.39 is 0 Å². The van der Waals surface area contributed by atoms with Crippen molar-refractivity contribution in [1.29, 1.82) is 0 Å². The van der Waals surface area contributed by atoms with E-state index in [1.165, 1.54) is 0 Å². The maximum absolute atomic E-state index is 5.33. The van der Waals surface area contributed by atoms with Crippen molar-refractivity contribution in [3.05, 3.63) is 5.82 Å². The van der Waals surface area contributed by atoms with Crippen LogP contribution in [0, 0.1) is 0 Å². The van der Waals surface area contributed by atoms with Crippen molar-refractivity contribution < 1.29 is 4.52 Å². The van der Waals surface area contributed by atoms with Crippen molar-refractivity contribution in [2.75, 3.05) is 25.9 Å². The second kappa shape index (κ2) is 2.75. The van der Waals surface area contributed by atoms with Crippen LogP contribution in [0.1, 0.15) is 18.2 Å². The fourth-order valence-electron chi connectivity index (χ4n) is 1.56. The number of likely N-dealkylation sites (N-methyl/N-ethyl adjacent to an activating group) is 1. The van der Waals surface area contributed by atoms with Crippen LogP contribution in [0.3, 0.4) is 0 Å². The van der Waals surface area contributed by atoms with Crippen LogP contribution >= 0.6 is 0 Å². The van der Waals surface area contributed by atoms with Crippen LogP contribution in [0.15, 0.2) is 4.52 Å². The Hall–Kier alpha value is -1.10. The van der Waals surface area contributed by atoms with Crippen molar-refractivity contribution >= 4 is 6.01 Å². The highest BCUT2D eigenvalue weighted by Gasteiger charge is 2.24. The van der Waals surface area contributed by atoms with Crippen LogP contribution in [0.4, 0.5) is 6.01 Å². The van der Waals surface area contributed by atoms with E-state index in [1.54, 1.807) is 0 Å². The molecular weight excluding hydrogens is 156 g/mol. The van der Waals surface area contributed by atoms with Gasteiger partial charge in [0.25, 0.3) is 0 Å². The third-order valence-electron chi connectivity index (χ3n) is 2.21. The third kappa shape index (κ3) is 1.27. The second-order valence-corrected chi connectivity index (χ2v) is 3.24. The summed E-state index contributed by atoms with van der Waals surface area (Å²) < 4.78 is 4.71. The van der Waals surface area contributed by atoms with Gasteiger partial charge >= 0.3 is 6.01 Å². The van der Waals surface area contributed by atoms with E-state index in [9.17, 15) is 0 Å². The van der Waals surface area contributed by atoms with Crippen LogP contribution in [0.5, 0.6) is 0 Å². The quantitative estimate of drug-likeness (QED) is 0.642. The number of aromatic nitrogens is 2. The lowest BCUT2D eigenvalue weighted by Gasteiger charge is -2.05. The summed E-state index contributed by atoms with van der Waals surface area (Å²) >= 11 is 0. The van der Waals surface area contributed by atoms with E-state index in [0.29, 0.717) is 5.92 Å². The van der Waals surface area contributed by atoms with E-state index in [0.717, 1.165) is 25.3 Å². The van der Waals surface area contributed by atoms with Gasteiger partial charge in [0, 0.05) is 12.5 Å². The molecule has 1 unspecified atom stereocenters. The first-order valence-electron chi connectivity index (χ1n) is 4.03. The molecule has 1 aliphatic heterocycles. The third-order valence-corrected chi connectivity index (χ3v) is 2.21. The highest BCUT2D eigenvalue weighted by Crippen LogP contribution is 2.23. The summed E-state index contributed by atoms with van der Waals surface area (Å²) in [6, 6.07) is 0.166. The fraction of sp³-hybridized carbons (Fsp3) is 0.714. The zero-order valence-electron chi connectivity index (χ0n) is 7.03. The first-order valence-corrected chi connectivity index (χ1v) is 4.03. The van der Waals surface area contributed by atoms with Gasteiger partial charge < -0.3 is 15.2 Å². The minimum absolute atomic E-state index is 0.166. The van der Waals surface area contributed by atoms with Gasteiger partial charge in [0.05, 0.1) is 0 Å². The molecule has 1 aliphatic rings. The number of rotatable bonds is 1. The molecule has 0 aliphatic carbocycles. The van der Waals surface area contributed by atoms with Gasteiger partial charge in [-0.15, -0.1) is 0 Å². The normalized spacial score (nSPS) is 24.9. The fourth-order valence-corrected chi connectivity index (χ4v) is 1.56. The van der Waals surface area contributed by atoms with Gasteiger partial charge in [0.2, 0.25) is 0 Å². The predicted molar refractivity (Wildman–Crippen MR) is 43.6 cm³/mol. The minimum Gasteiger partial charge on any atom is -0.351 e. The topological polar surface area (TPSA) is 68.2 Å². The Kier molecular flexibility index (Phi) is 1.73. The Morgan fingerprint density at radius 2 is 2.50 bits per heavy atom. The summed E-state index contributed by atoms with van der Waals surface area (Å²) in [6.45, 7) is 2.10. The van der Waals surface area contributed by atoms with Gasteiger partial charge in [-0.2, -0.15) is 4.98 Å². The van der Waals surface area contributed by atoms with Gasteiger partial charge in [-0.3, -0.25) is 0 Å². The number of nitrogens with zero attached hydrogens (tertiary/aromatic N) is 3. The van der Waals surface area contributed by atoms with Crippen molar-refractivity contribution in [2.24, 2.45) is 0 Å². The van der Waals surface area contributed by atoms with Crippen LogP contribution in [0.2, 0.25) is 0 Å². The van der Waals surface area contributed by atoms with Crippen molar-refractivity contribution in [1.82, 2.24) is 15.0 Å². The first kappa shape index (κ1) is 7.54. The smallest absolute Gasteiger partial charge is 0.318 e. The maximum Gasteiger partial charge on any atom is 0.318 e. The van der Waals surface area contributed by atoms with Gasteiger partial charge in [0.1, 0.15) is 0 Å². The van der Waals surface area contributed by atoms with Gasteiger partial charge in [-0.25, -0.2) is 0 Å². The number of hydrogen-bond acceptors (Lipinski definition) is 5. The Morgan fingerprint density at radius 1 is 1.67 bits per heavy atom. The minimum atomic E-state index is 0.166. The van der Waals surface area contributed by atoms with Crippen LogP contribution in [0.25, 0.3) is 0 Å². The summed E-state index contributed by atoms with van der Waals surface area (Å²) in [5, 5.41) is 3.79. The molecule has 5 heteroatoms. The summed E-state index contributed by atoms with van der Waals surface area (Å²) in [5.41, 5.74) is 5.33. The molecule has 66 valence electrons. The predicted octanol–water partition coefficient (Wildman–Crippen LogP) is 0.0709. The Balaban J connectivity index is 2.11. The molecular formula is C7H12N4O. The lowest BCUT2D eigenvalue weighted by Crippen LogP contribution is -2.13. The second-order valence-electron chi connectivity index (χ2n) is 3.24. The van der Waals surface area contributed by atoms with Crippen molar-refractivity contribution in [3.63, 3.8) is 0 Å². The van der Waals surface area contributed by atoms with Gasteiger partial charge in [-0.1, -0.05) is 5.16 Å². The molecule has 1 atom stereocenters. The zero-order valence-corrected chi connectivity index (χ0v) is 7.03. The summed E-state index contributed by atoms with van der Waals surface area (Å²) in [7, 11) is 2.09. The van der Waals surface area contributed by atoms with E-state index in [4.69, 9.17) is 10.3 Å². The lowest BCUT2D eigenvalue weighted by atomic mass is 10.1. The Morgan fingerprint density at radius 3 is 3.00 bits per heavy atom. The average molecular weight is 168 g/mol. The average Bonchev–Trinajstić information content (AvgIpc) is 2.58. The van der Waals surface area contributed by atoms with Crippen molar-refractivity contribution in [3.8, 4) is 0 Å². The van der Waals surface area contributed by atoms with Crippen LogP contribution < -0.4 is 5.73 Å². The molecule has 5 nitrogen and oxygen atoms in total. The molecule has 2 N–H and O–H groups in total. The highest BCUT2D eigenvalue weighted by atomic mass is 16.5. The molecule has 12 heavy (non-hydrogen) atoms. The van der Waals surface area contributed by atoms with Crippen LogP contribution in [-0.2, 0) is 0 Å². The molecule has 0 saturated carbocycles. The molecule has 0 spiro atoms. The molecule has 2 heterocycles. The molecule has 0 amide bonds. The number of nitrogens with two attached hydrogens (primary N) is 1. The molecule has 0 aromatic carbocycles.